The highest BCUT2D eigenvalue weighted by molar-refractivity contribution is 6.02. The van der Waals surface area contributed by atoms with Crippen molar-refractivity contribution >= 4 is 23.4 Å². The number of anilines is 1. The number of nitrogens with two attached hydrogens (primary N) is 1. The molecular formula is C23H29N5O3. The van der Waals surface area contributed by atoms with Gasteiger partial charge in [-0.3, -0.25) is 14.4 Å². The third kappa shape index (κ3) is 4.06. The van der Waals surface area contributed by atoms with Gasteiger partial charge in [-0.05, 0) is 45.2 Å². The molecule has 1 aromatic heterocycles. The van der Waals surface area contributed by atoms with E-state index in [1.165, 1.54) is 6.20 Å². The van der Waals surface area contributed by atoms with E-state index in [1.54, 1.807) is 21.4 Å². The summed E-state index contributed by atoms with van der Waals surface area (Å²) in [7, 11) is 0. The summed E-state index contributed by atoms with van der Waals surface area (Å²) in [6.07, 6.45) is 4.04. The number of aryl methyl sites for hydroxylation is 1. The number of piperidine rings is 1. The highest BCUT2D eigenvalue weighted by Crippen LogP contribution is 2.27. The predicted octanol–water partition coefficient (Wildman–Crippen LogP) is 2.20. The van der Waals surface area contributed by atoms with Crippen LogP contribution in [0.15, 0.2) is 30.5 Å². The van der Waals surface area contributed by atoms with E-state index in [1.807, 2.05) is 31.2 Å². The van der Waals surface area contributed by atoms with Gasteiger partial charge in [-0.2, -0.15) is 5.10 Å². The lowest BCUT2D eigenvalue weighted by molar-refractivity contribution is -0.143. The van der Waals surface area contributed by atoms with Gasteiger partial charge in [-0.1, -0.05) is 17.7 Å². The molecule has 2 saturated heterocycles. The van der Waals surface area contributed by atoms with Crippen LogP contribution in [0.2, 0.25) is 0 Å². The van der Waals surface area contributed by atoms with Crippen LogP contribution in [-0.4, -0.2) is 62.9 Å². The van der Waals surface area contributed by atoms with Gasteiger partial charge in [0.15, 0.2) is 5.78 Å². The lowest BCUT2D eigenvalue weighted by Crippen LogP contribution is -2.50. The first-order valence-corrected chi connectivity index (χ1v) is 10.9. The molecular weight excluding hydrogens is 394 g/mol. The number of ketones is 1. The van der Waals surface area contributed by atoms with Crippen molar-refractivity contribution < 1.29 is 14.4 Å². The number of likely N-dealkylation sites (tertiary alicyclic amines) is 2. The molecule has 2 aliphatic rings. The molecule has 8 nitrogen and oxygen atoms in total. The molecule has 4 rings (SSSR count). The fourth-order valence-electron chi connectivity index (χ4n) is 4.50. The van der Waals surface area contributed by atoms with Crippen molar-refractivity contribution in [2.75, 3.05) is 25.4 Å². The van der Waals surface area contributed by atoms with Crippen LogP contribution in [0.25, 0.3) is 5.69 Å². The number of nitrogens with zero attached hydrogens (tertiary/aromatic N) is 4. The molecule has 0 unspecified atom stereocenters. The molecule has 0 bridgehead atoms. The Kier molecular flexibility index (Phi) is 5.80. The molecule has 8 heteroatoms. The molecule has 2 N–H and O–H groups in total. The van der Waals surface area contributed by atoms with Crippen LogP contribution >= 0.6 is 0 Å². The van der Waals surface area contributed by atoms with Crippen LogP contribution in [0.5, 0.6) is 0 Å². The van der Waals surface area contributed by atoms with Gasteiger partial charge in [-0.25, -0.2) is 4.68 Å². The highest BCUT2D eigenvalue weighted by Gasteiger charge is 2.35. The van der Waals surface area contributed by atoms with Crippen molar-refractivity contribution in [2.45, 2.75) is 45.6 Å². The standard InChI is InChI=1S/C23H29N5O3/c1-15-5-7-18(8-6-15)28-22(24)19(14-25-28)21(30)17-9-12-26(13-10-17)23(31)16(2)27-11-3-4-20(27)29/h5-8,14,16-17H,3-4,9-13,24H2,1-2H3/t16-/m1/s1. The summed E-state index contributed by atoms with van der Waals surface area (Å²) in [6, 6.07) is 7.35. The van der Waals surface area contributed by atoms with E-state index in [-0.39, 0.29) is 23.5 Å². The first-order valence-electron chi connectivity index (χ1n) is 10.9. The number of amides is 2. The monoisotopic (exact) mass is 423 g/mol. The second kappa shape index (κ2) is 8.53. The summed E-state index contributed by atoms with van der Waals surface area (Å²) < 4.78 is 1.58. The number of carbonyl (C=O) groups is 3. The Bertz CT molecular complexity index is 989. The second-order valence-electron chi connectivity index (χ2n) is 8.52. The maximum absolute atomic E-state index is 13.1. The largest absolute Gasteiger partial charge is 0.383 e. The number of aromatic nitrogens is 2. The smallest absolute Gasteiger partial charge is 0.245 e. The van der Waals surface area contributed by atoms with E-state index in [4.69, 9.17) is 5.73 Å². The molecule has 31 heavy (non-hydrogen) atoms. The number of rotatable bonds is 5. The van der Waals surface area contributed by atoms with E-state index >= 15 is 0 Å². The second-order valence-corrected chi connectivity index (χ2v) is 8.52. The van der Waals surface area contributed by atoms with Crippen molar-refractivity contribution in [3.8, 4) is 5.69 Å². The lowest BCUT2D eigenvalue weighted by Gasteiger charge is -2.35. The maximum Gasteiger partial charge on any atom is 0.245 e. The number of hydrogen-bond acceptors (Lipinski definition) is 5. The van der Waals surface area contributed by atoms with Crippen molar-refractivity contribution in [1.82, 2.24) is 19.6 Å². The van der Waals surface area contributed by atoms with Crippen molar-refractivity contribution in [3.05, 3.63) is 41.6 Å². The first-order chi connectivity index (χ1) is 14.9. The summed E-state index contributed by atoms with van der Waals surface area (Å²) >= 11 is 0. The van der Waals surface area contributed by atoms with Crippen LogP contribution in [0.4, 0.5) is 5.82 Å². The quantitative estimate of drug-likeness (QED) is 0.743. The molecule has 0 spiro atoms. The fraction of sp³-hybridized carbons (Fsp3) is 0.478. The Labute approximate surface area is 182 Å². The zero-order chi connectivity index (χ0) is 22.1. The Morgan fingerprint density at radius 1 is 1.13 bits per heavy atom. The molecule has 0 aliphatic carbocycles. The normalized spacial score (nSPS) is 18.5. The maximum atomic E-state index is 13.1. The van der Waals surface area contributed by atoms with Crippen LogP contribution in [0.3, 0.4) is 0 Å². The number of carbonyl (C=O) groups excluding carboxylic acids is 3. The van der Waals surface area contributed by atoms with E-state index in [0.717, 1.165) is 17.7 Å². The first kappa shape index (κ1) is 21.1. The molecule has 2 aliphatic heterocycles. The van der Waals surface area contributed by atoms with Crippen LogP contribution < -0.4 is 5.73 Å². The lowest BCUT2D eigenvalue weighted by atomic mass is 9.89. The third-order valence-corrected chi connectivity index (χ3v) is 6.46. The minimum Gasteiger partial charge on any atom is -0.383 e. The molecule has 3 heterocycles. The minimum absolute atomic E-state index is 0.0225. The Hall–Kier alpha value is -3.16. The SMILES string of the molecule is Cc1ccc(-n2ncc(C(=O)C3CCN(C(=O)[C@@H](C)N4CCCC4=O)CC3)c2N)cc1. The molecule has 2 amide bonds. The van der Waals surface area contributed by atoms with Gasteiger partial charge in [0.25, 0.3) is 0 Å². The van der Waals surface area contributed by atoms with Gasteiger partial charge in [0.05, 0.1) is 17.4 Å². The Morgan fingerprint density at radius 2 is 1.81 bits per heavy atom. The highest BCUT2D eigenvalue weighted by atomic mass is 16.2. The summed E-state index contributed by atoms with van der Waals surface area (Å²) in [5.74, 6) is 0.143. The minimum atomic E-state index is -0.439. The van der Waals surface area contributed by atoms with E-state index in [0.29, 0.717) is 50.3 Å². The Morgan fingerprint density at radius 3 is 2.42 bits per heavy atom. The molecule has 1 atom stereocenters. The number of Topliss-reactive ketones (excluding diaryl/α,β-unsaturated/α-hetero) is 1. The van der Waals surface area contributed by atoms with Gasteiger partial charge in [-0.15, -0.1) is 0 Å². The van der Waals surface area contributed by atoms with E-state index in [9.17, 15) is 14.4 Å². The average Bonchev–Trinajstić information content (AvgIpc) is 3.38. The predicted molar refractivity (Wildman–Crippen MR) is 117 cm³/mol. The van der Waals surface area contributed by atoms with Gasteiger partial charge in [0, 0.05) is 32.0 Å². The van der Waals surface area contributed by atoms with Crippen LogP contribution in [-0.2, 0) is 9.59 Å². The third-order valence-electron chi connectivity index (χ3n) is 6.46. The molecule has 1 aromatic carbocycles. The summed E-state index contributed by atoms with van der Waals surface area (Å²) in [4.78, 5) is 41.3. The zero-order valence-electron chi connectivity index (χ0n) is 18.1. The van der Waals surface area contributed by atoms with Gasteiger partial charge >= 0.3 is 0 Å². The van der Waals surface area contributed by atoms with Crippen molar-refractivity contribution in [1.29, 1.82) is 0 Å². The molecule has 0 saturated carbocycles. The molecule has 164 valence electrons. The Balaban J connectivity index is 1.39. The van der Waals surface area contributed by atoms with Crippen LogP contribution in [0, 0.1) is 12.8 Å². The average molecular weight is 424 g/mol. The summed E-state index contributed by atoms with van der Waals surface area (Å²) in [6.45, 7) is 5.46. The summed E-state index contributed by atoms with van der Waals surface area (Å²) in [5, 5.41) is 4.32. The fourth-order valence-corrected chi connectivity index (χ4v) is 4.50. The summed E-state index contributed by atoms with van der Waals surface area (Å²) in [5.41, 5.74) is 8.64. The van der Waals surface area contributed by atoms with Crippen molar-refractivity contribution in [2.24, 2.45) is 5.92 Å². The van der Waals surface area contributed by atoms with Crippen molar-refractivity contribution in [3.63, 3.8) is 0 Å². The topological polar surface area (TPSA) is 102 Å². The van der Waals surface area contributed by atoms with Crippen LogP contribution in [0.1, 0.15) is 48.5 Å². The molecule has 2 fully saturated rings. The number of hydrogen-bond donors (Lipinski definition) is 1. The zero-order valence-corrected chi connectivity index (χ0v) is 18.1. The van der Waals surface area contributed by atoms with E-state index in [2.05, 4.69) is 5.10 Å². The number of benzene rings is 1. The number of nitrogen functional groups attached to an aromatic ring is 1. The molecule has 2 aromatic rings. The van der Waals surface area contributed by atoms with Gasteiger partial charge in [0.2, 0.25) is 11.8 Å². The van der Waals surface area contributed by atoms with Gasteiger partial charge in [0.1, 0.15) is 11.9 Å². The van der Waals surface area contributed by atoms with Gasteiger partial charge < -0.3 is 15.5 Å². The molecule has 0 radical (unpaired) electrons. The van der Waals surface area contributed by atoms with E-state index < -0.39 is 6.04 Å².